The van der Waals surface area contributed by atoms with Crippen LogP contribution in [0.3, 0.4) is 0 Å². The van der Waals surface area contributed by atoms with Gasteiger partial charge in [-0.05, 0) is 11.6 Å². The van der Waals surface area contributed by atoms with Gasteiger partial charge in [-0.1, -0.05) is 25.1 Å². The number of thioether (sulfide) groups is 1. The molecular weight excluding hydrogens is 289 g/mol. The first kappa shape index (κ1) is 15.0. The van der Waals surface area contributed by atoms with Crippen molar-refractivity contribution in [1.82, 2.24) is 10.6 Å². The highest BCUT2D eigenvalue weighted by Gasteiger charge is 2.30. The maximum absolute atomic E-state index is 12.6. The Morgan fingerprint density at radius 2 is 2.15 bits per heavy atom. The van der Waals surface area contributed by atoms with Gasteiger partial charge in [0.2, 0.25) is 0 Å². The van der Waals surface area contributed by atoms with Crippen molar-refractivity contribution in [2.45, 2.75) is 24.2 Å². The third kappa shape index (κ3) is 3.82. The van der Waals surface area contributed by atoms with E-state index in [4.69, 9.17) is 0 Å². The second-order valence-corrected chi connectivity index (χ2v) is 5.89. The van der Waals surface area contributed by atoms with Crippen LogP contribution in [-0.4, -0.2) is 17.9 Å². The van der Waals surface area contributed by atoms with Crippen molar-refractivity contribution in [3.8, 4) is 0 Å². The van der Waals surface area contributed by atoms with E-state index in [0.29, 0.717) is 17.9 Å². The fourth-order valence-corrected chi connectivity index (χ4v) is 3.08. The van der Waals surface area contributed by atoms with E-state index in [1.165, 1.54) is 17.8 Å². The molecule has 110 valence electrons. The van der Waals surface area contributed by atoms with Gasteiger partial charge in [-0.3, -0.25) is 0 Å². The van der Waals surface area contributed by atoms with Crippen molar-refractivity contribution in [2.75, 3.05) is 6.54 Å². The van der Waals surface area contributed by atoms with Crippen molar-refractivity contribution < 1.29 is 18.0 Å². The number of rotatable bonds is 3. The van der Waals surface area contributed by atoms with Crippen LogP contribution < -0.4 is 10.6 Å². The lowest BCUT2D eigenvalue weighted by Gasteiger charge is -2.30. The van der Waals surface area contributed by atoms with Gasteiger partial charge in [-0.25, -0.2) is 4.79 Å². The average Bonchev–Trinajstić information content (AvgIpc) is 2.39. The van der Waals surface area contributed by atoms with E-state index in [2.05, 4.69) is 10.6 Å². The molecule has 1 aliphatic heterocycles. The minimum atomic E-state index is -4.32. The summed E-state index contributed by atoms with van der Waals surface area (Å²) in [5.41, 5.74) is -0.0391. The molecule has 0 aliphatic carbocycles. The van der Waals surface area contributed by atoms with Gasteiger partial charge in [0.1, 0.15) is 0 Å². The normalized spacial score (nSPS) is 23.1. The van der Waals surface area contributed by atoms with Gasteiger partial charge in [-0.2, -0.15) is 13.2 Å². The number of carbonyl (C=O) groups is 1. The maximum atomic E-state index is 12.6. The number of nitrogens with one attached hydrogen (secondary N) is 2. The van der Waals surface area contributed by atoms with Crippen molar-refractivity contribution >= 4 is 17.8 Å². The molecule has 7 heteroatoms. The fraction of sp³-hybridized carbons (Fsp3) is 0.462. The largest absolute Gasteiger partial charge is 0.416 e. The Kier molecular flexibility index (Phi) is 4.47. The van der Waals surface area contributed by atoms with E-state index in [-0.39, 0.29) is 17.3 Å². The van der Waals surface area contributed by atoms with Crippen LogP contribution >= 0.6 is 11.8 Å². The molecule has 2 atom stereocenters. The average molecular weight is 304 g/mol. The SMILES string of the molecule is CC1CNC(=O)NC1SCc1cccc(C(F)(F)F)c1. The third-order valence-corrected chi connectivity index (χ3v) is 4.50. The summed E-state index contributed by atoms with van der Waals surface area (Å²) in [4.78, 5) is 11.2. The van der Waals surface area contributed by atoms with E-state index < -0.39 is 11.7 Å². The Bertz CT molecular complexity index is 493. The number of halogens is 3. The summed E-state index contributed by atoms with van der Waals surface area (Å²) in [7, 11) is 0. The standard InChI is InChI=1S/C13H15F3N2OS/c1-8-6-17-12(19)18-11(8)20-7-9-3-2-4-10(5-9)13(14,15)16/h2-5,8,11H,6-7H2,1H3,(H2,17,18,19). The second kappa shape index (κ2) is 5.95. The Hall–Kier alpha value is -1.37. The molecule has 1 aromatic carbocycles. The number of urea groups is 1. The summed E-state index contributed by atoms with van der Waals surface area (Å²) in [6.07, 6.45) is -4.32. The first-order valence-electron chi connectivity index (χ1n) is 6.18. The predicted octanol–water partition coefficient (Wildman–Crippen LogP) is 3.21. The van der Waals surface area contributed by atoms with Gasteiger partial charge in [0, 0.05) is 18.2 Å². The van der Waals surface area contributed by atoms with Crippen LogP contribution in [0.4, 0.5) is 18.0 Å². The molecule has 2 rings (SSSR count). The topological polar surface area (TPSA) is 41.1 Å². The van der Waals surface area contributed by atoms with E-state index in [9.17, 15) is 18.0 Å². The highest BCUT2D eigenvalue weighted by atomic mass is 32.2. The number of amides is 2. The highest BCUT2D eigenvalue weighted by Crippen LogP contribution is 2.31. The summed E-state index contributed by atoms with van der Waals surface area (Å²) < 4.78 is 37.8. The number of alkyl halides is 3. The van der Waals surface area contributed by atoms with Crippen LogP contribution in [0, 0.1) is 5.92 Å². The van der Waals surface area contributed by atoms with Crippen LogP contribution in [-0.2, 0) is 11.9 Å². The Labute approximate surface area is 119 Å². The van der Waals surface area contributed by atoms with Crippen LogP contribution in [0.5, 0.6) is 0 Å². The van der Waals surface area contributed by atoms with E-state index in [1.807, 2.05) is 6.92 Å². The van der Waals surface area contributed by atoms with Gasteiger partial charge in [0.05, 0.1) is 10.9 Å². The molecule has 1 aromatic rings. The molecule has 0 radical (unpaired) electrons. The van der Waals surface area contributed by atoms with Crippen molar-refractivity contribution in [2.24, 2.45) is 5.92 Å². The van der Waals surface area contributed by atoms with Gasteiger partial charge >= 0.3 is 12.2 Å². The lowest BCUT2D eigenvalue weighted by atomic mass is 10.1. The number of hydrogen-bond donors (Lipinski definition) is 2. The molecule has 1 aliphatic rings. The molecule has 0 saturated carbocycles. The van der Waals surface area contributed by atoms with Gasteiger partial charge in [0.25, 0.3) is 0 Å². The molecule has 0 bridgehead atoms. The molecule has 2 unspecified atom stereocenters. The first-order chi connectivity index (χ1) is 9.36. The molecular formula is C13H15F3N2OS. The van der Waals surface area contributed by atoms with Crippen molar-refractivity contribution in [3.05, 3.63) is 35.4 Å². The number of hydrogen-bond acceptors (Lipinski definition) is 2. The fourth-order valence-electron chi connectivity index (χ4n) is 1.91. The molecule has 20 heavy (non-hydrogen) atoms. The minimum absolute atomic E-state index is 0.0849. The van der Waals surface area contributed by atoms with Crippen LogP contribution in [0.25, 0.3) is 0 Å². The quantitative estimate of drug-likeness (QED) is 0.900. The lowest BCUT2D eigenvalue weighted by Crippen LogP contribution is -2.52. The summed E-state index contributed by atoms with van der Waals surface area (Å²) in [6, 6.07) is 5.05. The molecule has 2 N–H and O–H groups in total. The summed E-state index contributed by atoms with van der Waals surface area (Å²) in [6.45, 7) is 2.56. The van der Waals surface area contributed by atoms with Gasteiger partial charge in [0.15, 0.2) is 0 Å². The molecule has 2 amide bonds. The predicted molar refractivity (Wildman–Crippen MR) is 72.2 cm³/mol. The summed E-state index contributed by atoms with van der Waals surface area (Å²) >= 11 is 1.44. The monoisotopic (exact) mass is 304 g/mol. The van der Waals surface area contributed by atoms with Gasteiger partial charge < -0.3 is 10.6 Å². The minimum Gasteiger partial charge on any atom is -0.338 e. The van der Waals surface area contributed by atoms with Gasteiger partial charge in [-0.15, -0.1) is 11.8 Å². The third-order valence-electron chi connectivity index (χ3n) is 3.06. The smallest absolute Gasteiger partial charge is 0.338 e. The Morgan fingerprint density at radius 1 is 1.40 bits per heavy atom. The summed E-state index contributed by atoms with van der Waals surface area (Å²) in [5.74, 6) is 0.655. The summed E-state index contributed by atoms with van der Waals surface area (Å²) in [5, 5.41) is 5.36. The van der Waals surface area contributed by atoms with Crippen molar-refractivity contribution in [1.29, 1.82) is 0 Å². The zero-order valence-electron chi connectivity index (χ0n) is 10.8. The number of carbonyl (C=O) groups excluding carboxylic acids is 1. The molecule has 1 heterocycles. The zero-order chi connectivity index (χ0) is 14.8. The van der Waals surface area contributed by atoms with E-state index in [0.717, 1.165) is 12.1 Å². The Balaban J connectivity index is 1.98. The van der Waals surface area contributed by atoms with Crippen LogP contribution in [0.2, 0.25) is 0 Å². The number of benzene rings is 1. The van der Waals surface area contributed by atoms with Crippen LogP contribution in [0.1, 0.15) is 18.1 Å². The maximum Gasteiger partial charge on any atom is 0.416 e. The van der Waals surface area contributed by atoms with E-state index >= 15 is 0 Å². The molecule has 0 aromatic heterocycles. The molecule has 3 nitrogen and oxygen atoms in total. The molecule has 0 spiro atoms. The molecule has 1 fully saturated rings. The zero-order valence-corrected chi connectivity index (χ0v) is 11.6. The second-order valence-electron chi connectivity index (χ2n) is 4.76. The Morgan fingerprint density at radius 3 is 2.85 bits per heavy atom. The first-order valence-corrected chi connectivity index (χ1v) is 7.23. The van der Waals surface area contributed by atoms with E-state index in [1.54, 1.807) is 6.07 Å². The highest BCUT2D eigenvalue weighted by molar-refractivity contribution is 7.99. The lowest BCUT2D eigenvalue weighted by molar-refractivity contribution is -0.137. The molecule has 1 saturated heterocycles. The van der Waals surface area contributed by atoms with Crippen LogP contribution in [0.15, 0.2) is 24.3 Å². The van der Waals surface area contributed by atoms with Crippen molar-refractivity contribution in [3.63, 3.8) is 0 Å².